The van der Waals surface area contributed by atoms with E-state index < -0.39 is 0 Å². The number of carbonyl (C=O) groups excluding carboxylic acids is 1. The summed E-state index contributed by atoms with van der Waals surface area (Å²) in [6.45, 7) is 2.71. The van der Waals surface area contributed by atoms with Gasteiger partial charge in [-0.3, -0.25) is 4.79 Å². The van der Waals surface area contributed by atoms with Gasteiger partial charge in [0.05, 0.1) is 6.54 Å². The molecule has 0 atom stereocenters. The minimum Gasteiger partial charge on any atom is -0.325 e. The molecule has 0 unspecified atom stereocenters. The van der Waals surface area contributed by atoms with Crippen molar-refractivity contribution in [2.45, 2.75) is 13.3 Å². The number of carbonyl (C=O) groups is 1. The Bertz CT molecular complexity index is 613. The summed E-state index contributed by atoms with van der Waals surface area (Å²) >= 11 is 0. The van der Waals surface area contributed by atoms with Crippen LogP contribution in [0.4, 0.5) is 10.1 Å². The fourth-order valence-electron chi connectivity index (χ4n) is 2.03. The molecule has 0 aliphatic carbocycles. The van der Waals surface area contributed by atoms with Crippen molar-refractivity contribution in [3.05, 3.63) is 65.5 Å². The molecule has 0 saturated carbocycles. The Morgan fingerprint density at radius 3 is 2.57 bits per heavy atom. The van der Waals surface area contributed by atoms with Gasteiger partial charge in [0, 0.05) is 5.69 Å². The summed E-state index contributed by atoms with van der Waals surface area (Å²) in [5.41, 5.74) is 2.50. The smallest absolute Gasteiger partial charge is 0.238 e. The summed E-state index contributed by atoms with van der Waals surface area (Å²) in [5.74, 6) is -0.304. The second-order valence-corrected chi connectivity index (χ2v) is 4.88. The quantitative estimate of drug-likeness (QED) is 0.802. The summed E-state index contributed by atoms with van der Waals surface area (Å²) in [5, 5.41) is 5.87. The van der Waals surface area contributed by atoms with E-state index in [1.54, 1.807) is 12.1 Å². The summed E-state index contributed by atoms with van der Waals surface area (Å²) in [7, 11) is 0. The molecule has 0 saturated heterocycles. The van der Waals surface area contributed by atoms with Crippen LogP contribution in [0.25, 0.3) is 0 Å². The van der Waals surface area contributed by atoms with Crippen LogP contribution in [0.2, 0.25) is 0 Å². The van der Waals surface area contributed by atoms with E-state index in [9.17, 15) is 9.18 Å². The first-order chi connectivity index (χ1) is 10.2. The highest BCUT2D eigenvalue weighted by Crippen LogP contribution is 2.12. The molecule has 2 N–H and O–H groups in total. The van der Waals surface area contributed by atoms with Gasteiger partial charge in [-0.05, 0) is 43.1 Å². The third-order valence-corrected chi connectivity index (χ3v) is 3.23. The van der Waals surface area contributed by atoms with Crippen molar-refractivity contribution < 1.29 is 9.18 Å². The molecule has 0 radical (unpaired) electrons. The van der Waals surface area contributed by atoms with E-state index in [1.807, 2.05) is 37.3 Å². The number of para-hydroxylation sites is 1. The Morgan fingerprint density at radius 2 is 1.81 bits per heavy atom. The van der Waals surface area contributed by atoms with Gasteiger partial charge in [-0.15, -0.1) is 0 Å². The number of benzene rings is 2. The molecule has 0 bridgehead atoms. The molecule has 0 aromatic heterocycles. The molecule has 110 valence electrons. The highest BCUT2D eigenvalue weighted by Gasteiger charge is 2.04. The van der Waals surface area contributed by atoms with Crippen LogP contribution in [0.15, 0.2) is 48.5 Å². The van der Waals surface area contributed by atoms with E-state index in [1.165, 1.54) is 6.07 Å². The number of nitrogens with one attached hydrogen (secondary N) is 2. The van der Waals surface area contributed by atoms with Crippen LogP contribution in [0, 0.1) is 12.7 Å². The van der Waals surface area contributed by atoms with Gasteiger partial charge < -0.3 is 10.6 Å². The molecule has 0 fully saturated rings. The topological polar surface area (TPSA) is 41.1 Å². The Morgan fingerprint density at radius 1 is 1.10 bits per heavy atom. The highest BCUT2D eigenvalue weighted by molar-refractivity contribution is 5.92. The number of amides is 1. The van der Waals surface area contributed by atoms with Crippen LogP contribution in [0.3, 0.4) is 0 Å². The van der Waals surface area contributed by atoms with Crippen molar-refractivity contribution in [1.29, 1.82) is 0 Å². The molecule has 0 aliphatic rings. The van der Waals surface area contributed by atoms with E-state index in [-0.39, 0.29) is 18.3 Å². The number of hydrogen-bond acceptors (Lipinski definition) is 2. The monoisotopic (exact) mass is 286 g/mol. The molecule has 0 spiro atoms. The average molecular weight is 286 g/mol. The SMILES string of the molecule is Cc1ccccc1NC(=O)CNCCc1ccccc1F. The Kier molecular flexibility index (Phi) is 5.46. The van der Waals surface area contributed by atoms with Crippen LogP contribution in [-0.4, -0.2) is 19.0 Å². The van der Waals surface area contributed by atoms with Gasteiger partial charge >= 0.3 is 0 Å². The van der Waals surface area contributed by atoms with Gasteiger partial charge in [0.15, 0.2) is 0 Å². The lowest BCUT2D eigenvalue weighted by atomic mass is 10.1. The molecule has 4 heteroatoms. The normalized spacial score (nSPS) is 10.4. The van der Waals surface area contributed by atoms with Gasteiger partial charge in [-0.1, -0.05) is 36.4 Å². The predicted molar refractivity (Wildman–Crippen MR) is 82.8 cm³/mol. The zero-order chi connectivity index (χ0) is 15.1. The third-order valence-electron chi connectivity index (χ3n) is 3.23. The van der Waals surface area contributed by atoms with Gasteiger partial charge in [-0.25, -0.2) is 4.39 Å². The molecule has 2 rings (SSSR count). The van der Waals surface area contributed by atoms with Gasteiger partial charge in [0.25, 0.3) is 0 Å². The fourth-order valence-corrected chi connectivity index (χ4v) is 2.03. The lowest BCUT2D eigenvalue weighted by Gasteiger charge is -2.09. The molecular weight excluding hydrogens is 267 g/mol. The van der Waals surface area contributed by atoms with Crippen LogP contribution in [0.1, 0.15) is 11.1 Å². The number of aryl methyl sites for hydroxylation is 1. The number of hydrogen-bond donors (Lipinski definition) is 2. The van der Waals surface area contributed by atoms with Gasteiger partial charge in [0.2, 0.25) is 5.91 Å². The first kappa shape index (κ1) is 15.2. The van der Waals surface area contributed by atoms with Crippen molar-refractivity contribution in [1.82, 2.24) is 5.32 Å². The van der Waals surface area contributed by atoms with E-state index in [2.05, 4.69) is 10.6 Å². The molecule has 0 aliphatic heterocycles. The second kappa shape index (κ2) is 7.55. The zero-order valence-corrected chi connectivity index (χ0v) is 12.0. The maximum Gasteiger partial charge on any atom is 0.238 e. The second-order valence-electron chi connectivity index (χ2n) is 4.88. The average Bonchev–Trinajstić information content (AvgIpc) is 2.48. The molecule has 2 aromatic rings. The van der Waals surface area contributed by atoms with Gasteiger partial charge in [0.1, 0.15) is 5.82 Å². The molecule has 1 amide bonds. The van der Waals surface area contributed by atoms with E-state index >= 15 is 0 Å². The number of anilines is 1. The lowest BCUT2D eigenvalue weighted by Crippen LogP contribution is -2.29. The van der Waals surface area contributed by atoms with Crippen LogP contribution < -0.4 is 10.6 Å². The molecule has 3 nitrogen and oxygen atoms in total. The highest BCUT2D eigenvalue weighted by atomic mass is 19.1. The third kappa shape index (κ3) is 4.68. The maximum absolute atomic E-state index is 13.4. The van der Waals surface area contributed by atoms with Crippen molar-refractivity contribution in [3.8, 4) is 0 Å². The van der Waals surface area contributed by atoms with Crippen molar-refractivity contribution in [2.75, 3.05) is 18.4 Å². The summed E-state index contributed by atoms with van der Waals surface area (Å²) in [6.07, 6.45) is 0.560. The molecule has 0 heterocycles. The Hall–Kier alpha value is -2.20. The largest absolute Gasteiger partial charge is 0.325 e. The van der Waals surface area contributed by atoms with Crippen molar-refractivity contribution in [2.24, 2.45) is 0 Å². The van der Waals surface area contributed by atoms with Crippen molar-refractivity contribution in [3.63, 3.8) is 0 Å². The fraction of sp³-hybridized carbons (Fsp3) is 0.235. The lowest BCUT2D eigenvalue weighted by molar-refractivity contribution is -0.115. The van der Waals surface area contributed by atoms with E-state index in [0.717, 1.165) is 11.3 Å². The standard InChI is InChI=1S/C17H19FN2O/c1-13-6-2-5-9-16(13)20-17(21)12-19-11-10-14-7-3-4-8-15(14)18/h2-9,19H,10-12H2,1H3,(H,20,21). The minimum atomic E-state index is -0.205. The first-order valence-corrected chi connectivity index (χ1v) is 6.96. The van der Waals surface area contributed by atoms with E-state index in [0.29, 0.717) is 18.5 Å². The van der Waals surface area contributed by atoms with Crippen LogP contribution in [-0.2, 0) is 11.2 Å². The predicted octanol–water partition coefficient (Wildman–Crippen LogP) is 2.90. The summed E-state index contributed by atoms with van der Waals surface area (Å²) in [4.78, 5) is 11.8. The summed E-state index contributed by atoms with van der Waals surface area (Å²) in [6, 6.07) is 14.3. The van der Waals surface area contributed by atoms with Gasteiger partial charge in [-0.2, -0.15) is 0 Å². The van der Waals surface area contributed by atoms with E-state index in [4.69, 9.17) is 0 Å². The van der Waals surface area contributed by atoms with Crippen LogP contribution in [0.5, 0.6) is 0 Å². The maximum atomic E-state index is 13.4. The van der Waals surface area contributed by atoms with Crippen LogP contribution >= 0.6 is 0 Å². The van der Waals surface area contributed by atoms with Crippen molar-refractivity contribution >= 4 is 11.6 Å². The number of rotatable bonds is 6. The molecule has 21 heavy (non-hydrogen) atoms. The first-order valence-electron chi connectivity index (χ1n) is 6.96. The zero-order valence-electron chi connectivity index (χ0n) is 12.0. The summed E-state index contributed by atoms with van der Waals surface area (Å²) < 4.78 is 13.4. The molecular formula is C17H19FN2O. The Balaban J connectivity index is 1.73. The molecule has 2 aromatic carbocycles. The Labute approximate surface area is 124 Å². The number of halogens is 1. The minimum absolute atomic E-state index is 0.0992.